The van der Waals surface area contributed by atoms with Gasteiger partial charge in [-0.1, -0.05) is 12.1 Å². The van der Waals surface area contributed by atoms with E-state index < -0.39 is 11.7 Å². The summed E-state index contributed by atoms with van der Waals surface area (Å²) in [5.41, 5.74) is 0.208. The van der Waals surface area contributed by atoms with Crippen LogP contribution in [-0.4, -0.2) is 74.1 Å². The quantitative estimate of drug-likeness (QED) is 0.676. The van der Waals surface area contributed by atoms with Crippen LogP contribution < -0.4 is 10.2 Å². The molecule has 1 saturated heterocycles. The van der Waals surface area contributed by atoms with E-state index >= 15 is 0 Å². The molecular formula is C22H28F3N5O. The molecule has 1 aliphatic rings. The van der Waals surface area contributed by atoms with E-state index in [9.17, 15) is 18.0 Å². The Balaban J connectivity index is 1.47. The first-order chi connectivity index (χ1) is 14.8. The molecule has 0 bridgehead atoms. The lowest BCUT2D eigenvalue weighted by atomic mass is 10.1. The molecular weight excluding hydrogens is 407 g/mol. The second-order valence-corrected chi connectivity index (χ2v) is 7.72. The number of pyridine rings is 1. The topological polar surface area (TPSA) is 51.7 Å². The van der Waals surface area contributed by atoms with Crippen LogP contribution in [0, 0.1) is 0 Å². The minimum absolute atomic E-state index is 0.106. The molecule has 1 aromatic carbocycles. The summed E-state index contributed by atoms with van der Waals surface area (Å²) in [5.74, 6) is 0.459. The molecule has 1 aliphatic heterocycles. The van der Waals surface area contributed by atoms with Crippen molar-refractivity contribution < 1.29 is 18.0 Å². The molecule has 2 aromatic rings. The molecule has 9 heteroatoms. The minimum atomic E-state index is -4.35. The van der Waals surface area contributed by atoms with E-state index in [1.807, 2.05) is 4.90 Å². The number of nitrogens with one attached hydrogen (secondary N) is 1. The van der Waals surface area contributed by atoms with E-state index in [2.05, 4.69) is 15.2 Å². The monoisotopic (exact) mass is 435 g/mol. The van der Waals surface area contributed by atoms with Crippen molar-refractivity contribution in [3.63, 3.8) is 0 Å². The van der Waals surface area contributed by atoms with E-state index in [1.165, 1.54) is 11.0 Å². The number of benzene rings is 1. The number of carbonyl (C=O) groups excluding carboxylic acids is 1. The van der Waals surface area contributed by atoms with Crippen LogP contribution in [0.4, 0.5) is 24.7 Å². The molecule has 1 aromatic heterocycles. The normalized spacial score (nSPS) is 15.1. The fourth-order valence-corrected chi connectivity index (χ4v) is 3.67. The largest absolute Gasteiger partial charge is 0.418 e. The van der Waals surface area contributed by atoms with Crippen LogP contribution >= 0.6 is 0 Å². The van der Waals surface area contributed by atoms with Crippen molar-refractivity contribution >= 4 is 17.4 Å². The predicted octanol–water partition coefficient (Wildman–Crippen LogP) is 3.43. The highest BCUT2D eigenvalue weighted by Crippen LogP contribution is 2.36. The van der Waals surface area contributed by atoms with Gasteiger partial charge in [-0.05, 0) is 37.2 Å². The van der Waals surface area contributed by atoms with Crippen molar-refractivity contribution in [1.82, 2.24) is 14.8 Å². The summed E-state index contributed by atoms with van der Waals surface area (Å²) in [7, 11) is 3.40. The molecule has 1 fully saturated rings. The highest BCUT2D eigenvalue weighted by Gasteiger charge is 2.35. The van der Waals surface area contributed by atoms with Crippen molar-refractivity contribution in [3.8, 4) is 0 Å². The average Bonchev–Trinajstić information content (AvgIpc) is 2.76. The Kier molecular flexibility index (Phi) is 7.37. The number of aromatic nitrogens is 1. The number of nitrogens with zero attached hydrogens (tertiary/aromatic N) is 4. The number of para-hydroxylation sites is 1. The lowest BCUT2D eigenvalue weighted by Crippen LogP contribution is -2.47. The standard InChI is InChI=1S/C22H28F3N5O/c1-28(2)21(31)17-7-5-10-26-20(17)27-11-6-12-29-13-15-30(16-14-29)19-9-4-3-8-18(19)22(23,24)25/h3-5,7-10H,6,11-16H2,1-2H3,(H,26,27). The number of amides is 1. The van der Waals surface area contributed by atoms with Crippen LogP contribution in [0.15, 0.2) is 42.6 Å². The van der Waals surface area contributed by atoms with Crippen LogP contribution in [0.25, 0.3) is 0 Å². The maximum atomic E-state index is 13.3. The molecule has 0 spiro atoms. The van der Waals surface area contributed by atoms with Crippen LogP contribution in [0.5, 0.6) is 0 Å². The molecule has 0 aliphatic carbocycles. The van der Waals surface area contributed by atoms with Gasteiger partial charge in [0.15, 0.2) is 0 Å². The lowest BCUT2D eigenvalue weighted by molar-refractivity contribution is -0.137. The second-order valence-electron chi connectivity index (χ2n) is 7.72. The van der Waals surface area contributed by atoms with Crippen LogP contribution in [-0.2, 0) is 6.18 Å². The molecule has 0 atom stereocenters. The Hall–Kier alpha value is -2.81. The van der Waals surface area contributed by atoms with Crippen molar-refractivity contribution in [1.29, 1.82) is 0 Å². The molecule has 168 valence electrons. The number of halogens is 3. The molecule has 3 rings (SSSR count). The van der Waals surface area contributed by atoms with Gasteiger partial charge in [-0.2, -0.15) is 13.2 Å². The van der Waals surface area contributed by atoms with Gasteiger partial charge in [-0.3, -0.25) is 9.69 Å². The maximum absolute atomic E-state index is 13.3. The summed E-state index contributed by atoms with van der Waals surface area (Å²) >= 11 is 0. The smallest absolute Gasteiger partial charge is 0.369 e. The van der Waals surface area contributed by atoms with Crippen LogP contribution in [0.1, 0.15) is 22.3 Å². The van der Waals surface area contributed by atoms with Crippen LogP contribution in [0.3, 0.4) is 0 Å². The number of hydrogen-bond acceptors (Lipinski definition) is 5. The summed E-state index contributed by atoms with van der Waals surface area (Å²) in [5, 5.41) is 3.23. The zero-order chi connectivity index (χ0) is 22.4. The van der Waals surface area contributed by atoms with Gasteiger partial charge in [0.2, 0.25) is 0 Å². The Morgan fingerprint density at radius 2 is 1.81 bits per heavy atom. The van der Waals surface area contributed by atoms with E-state index in [4.69, 9.17) is 0 Å². The first kappa shape index (κ1) is 22.9. The number of rotatable bonds is 7. The van der Waals surface area contributed by atoms with Gasteiger partial charge < -0.3 is 15.1 Å². The summed E-state index contributed by atoms with van der Waals surface area (Å²) < 4.78 is 39.8. The van der Waals surface area contributed by atoms with Gasteiger partial charge in [0.05, 0.1) is 11.1 Å². The summed E-state index contributed by atoms with van der Waals surface area (Å²) in [6.45, 7) is 4.01. The van der Waals surface area contributed by atoms with Gasteiger partial charge in [0, 0.05) is 58.7 Å². The van der Waals surface area contributed by atoms with Crippen molar-refractivity contribution in [2.24, 2.45) is 0 Å². The second kappa shape index (κ2) is 10.00. The third kappa shape index (κ3) is 5.88. The first-order valence-corrected chi connectivity index (χ1v) is 10.3. The molecule has 1 amide bonds. The van der Waals surface area contributed by atoms with Crippen molar-refractivity contribution in [2.75, 3.05) is 63.6 Å². The Labute approximate surface area is 180 Å². The zero-order valence-electron chi connectivity index (χ0n) is 17.8. The number of carbonyl (C=O) groups is 1. The summed E-state index contributed by atoms with van der Waals surface area (Å²) in [6, 6.07) is 9.24. The van der Waals surface area contributed by atoms with Gasteiger partial charge in [0.1, 0.15) is 5.82 Å². The predicted molar refractivity (Wildman–Crippen MR) is 115 cm³/mol. The fraction of sp³-hybridized carbons (Fsp3) is 0.455. The third-order valence-electron chi connectivity index (χ3n) is 5.31. The Morgan fingerprint density at radius 1 is 1.10 bits per heavy atom. The summed E-state index contributed by atoms with van der Waals surface area (Å²) in [6.07, 6.45) is -1.87. The molecule has 0 unspecified atom stereocenters. The zero-order valence-corrected chi connectivity index (χ0v) is 17.8. The molecule has 31 heavy (non-hydrogen) atoms. The Morgan fingerprint density at radius 3 is 2.48 bits per heavy atom. The molecule has 6 nitrogen and oxygen atoms in total. The number of hydrogen-bond donors (Lipinski definition) is 1. The van der Waals surface area contributed by atoms with Crippen LogP contribution in [0.2, 0.25) is 0 Å². The molecule has 0 saturated carbocycles. The molecule has 2 heterocycles. The number of anilines is 2. The van der Waals surface area contributed by atoms with Gasteiger partial charge in [0.25, 0.3) is 5.91 Å². The Bertz CT molecular complexity index is 879. The van der Waals surface area contributed by atoms with Gasteiger partial charge in [-0.25, -0.2) is 4.98 Å². The van der Waals surface area contributed by atoms with Crippen molar-refractivity contribution in [2.45, 2.75) is 12.6 Å². The lowest BCUT2D eigenvalue weighted by Gasteiger charge is -2.37. The highest BCUT2D eigenvalue weighted by molar-refractivity contribution is 5.98. The number of alkyl halides is 3. The van der Waals surface area contributed by atoms with E-state index in [0.29, 0.717) is 44.1 Å². The van der Waals surface area contributed by atoms with E-state index in [-0.39, 0.29) is 11.6 Å². The van der Waals surface area contributed by atoms with Gasteiger partial charge >= 0.3 is 6.18 Å². The highest BCUT2D eigenvalue weighted by atomic mass is 19.4. The number of piperazine rings is 1. The third-order valence-corrected chi connectivity index (χ3v) is 5.31. The minimum Gasteiger partial charge on any atom is -0.369 e. The van der Waals surface area contributed by atoms with E-state index in [0.717, 1.165) is 19.0 Å². The fourth-order valence-electron chi connectivity index (χ4n) is 3.67. The first-order valence-electron chi connectivity index (χ1n) is 10.3. The van der Waals surface area contributed by atoms with E-state index in [1.54, 1.807) is 44.6 Å². The molecule has 0 radical (unpaired) electrons. The van der Waals surface area contributed by atoms with Gasteiger partial charge in [-0.15, -0.1) is 0 Å². The molecule has 1 N–H and O–H groups in total. The average molecular weight is 435 g/mol. The maximum Gasteiger partial charge on any atom is 0.418 e. The van der Waals surface area contributed by atoms with Crippen molar-refractivity contribution in [3.05, 3.63) is 53.7 Å². The summed E-state index contributed by atoms with van der Waals surface area (Å²) in [4.78, 5) is 22.1. The SMILES string of the molecule is CN(C)C(=O)c1cccnc1NCCCN1CCN(c2ccccc2C(F)(F)F)CC1.